The number of benzene rings is 2. The van der Waals surface area contributed by atoms with Crippen LogP contribution in [-0.4, -0.2) is 7.11 Å². The number of aryl methyl sites for hydroxylation is 1. The molecule has 0 aliphatic rings. The normalized spacial score (nSPS) is 10.7. The number of ether oxygens (including phenoxy) is 1. The first kappa shape index (κ1) is 12.5. The Kier molecular flexibility index (Phi) is 3.03. The molecule has 0 amide bonds. The van der Waals surface area contributed by atoms with E-state index in [0.29, 0.717) is 16.5 Å². The predicted octanol–water partition coefficient (Wildman–Crippen LogP) is 3.78. The summed E-state index contributed by atoms with van der Waals surface area (Å²) in [6, 6.07) is 14.9. The van der Waals surface area contributed by atoms with Gasteiger partial charge in [-0.2, -0.15) is 0 Å². The molecule has 3 rings (SSSR count). The molecule has 0 spiro atoms. The van der Waals surface area contributed by atoms with Gasteiger partial charge in [0.25, 0.3) is 5.95 Å². The Bertz CT molecular complexity index is 817. The molecular formula is C17H14O3. The van der Waals surface area contributed by atoms with Crippen LogP contribution >= 0.6 is 0 Å². The van der Waals surface area contributed by atoms with E-state index in [1.165, 1.54) is 7.11 Å². The first-order valence-corrected chi connectivity index (χ1v) is 6.37. The number of hydrogen-bond donors (Lipinski definition) is 0. The molecule has 3 heteroatoms. The van der Waals surface area contributed by atoms with Gasteiger partial charge in [-0.3, -0.25) is 4.79 Å². The third kappa shape index (κ3) is 1.97. The minimum atomic E-state index is -0.0747. The molecule has 0 aliphatic carbocycles. The summed E-state index contributed by atoms with van der Waals surface area (Å²) in [5.74, 6) is 0.249. The zero-order chi connectivity index (χ0) is 14.1. The van der Waals surface area contributed by atoms with E-state index in [1.807, 2.05) is 49.4 Å². The van der Waals surface area contributed by atoms with Crippen LogP contribution < -0.4 is 10.2 Å². The summed E-state index contributed by atoms with van der Waals surface area (Å²) in [6.45, 7) is 1.96. The number of fused-ring (bicyclic) bond motifs is 1. The highest BCUT2D eigenvalue weighted by atomic mass is 16.6. The molecule has 0 atom stereocenters. The summed E-state index contributed by atoms with van der Waals surface area (Å²) >= 11 is 0. The highest BCUT2D eigenvalue weighted by Gasteiger charge is 2.16. The van der Waals surface area contributed by atoms with Crippen molar-refractivity contribution in [2.75, 3.05) is 7.11 Å². The number of rotatable bonds is 2. The second-order valence-corrected chi connectivity index (χ2v) is 4.66. The van der Waals surface area contributed by atoms with Crippen molar-refractivity contribution >= 4 is 11.0 Å². The summed E-state index contributed by atoms with van der Waals surface area (Å²) < 4.78 is 11.0. The lowest BCUT2D eigenvalue weighted by Crippen LogP contribution is -2.07. The van der Waals surface area contributed by atoms with Crippen molar-refractivity contribution in [2.24, 2.45) is 0 Å². The summed E-state index contributed by atoms with van der Waals surface area (Å²) in [5, 5.41) is 0.565. The van der Waals surface area contributed by atoms with Crippen molar-refractivity contribution in [3.05, 3.63) is 64.3 Å². The van der Waals surface area contributed by atoms with Gasteiger partial charge in [0.1, 0.15) is 11.1 Å². The molecular weight excluding hydrogens is 252 g/mol. The smallest absolute Gasteiger partial charge is 0.296 e. The zero-order valence-corrected chi connectivity index (χ0v) is 11.3. The molecule has 0 saturated heterocycles. The molecule has 3 nitrogen and oxygen atoms in total. The van der Waals surface area contributed by atoms with E-state index in [2.05, 4.69) is 0 Å². The van der Waals surface area contributed by atoms with Crippen LogP contribution in [0, 0.1) is 6.92 Å². The molecule has 100 valence electrons. The van der Waals surface area contributed by atoms with Crippen LogP contribution in [0.1, 0.15) is 5.56 Å². The second-order valence-electron chi connectivity index (χ2n) is 4.66. The lowest BCUT2D eigenvalue weighted by atomic mass is 10.0. The summed E-state index contributed by atoms with van der Waals surface area (Å²) in [4.78, 5) is 12.7. The van der Waals surface area contributed by atoms with Crippen LogP contribution in [0.5, 0.6) is 5.95 Å². The van der Waals surface area contributed by atoms with E-state index in [9.17, 15) is 4.79 Å². The van der Waals surface area contributed by atoms with Gasteiger partial charge >= 0.3 is 0 Å². The van der Waals surface area contributed by atoms with Crippen LogP contribution in [0.2, 0.25) is 0 Å². The maximum absolute atomic E-state index is 12.7. The largest absolute Gasteiger partial charge is 0.468 e. The van der Waals surface area contributed by atoms with Crippen molar-refractivity contribution < 1.29 is 9.15 Å². The van der Waals surface area contributed by atoms with Gasteiger partial charge in [0, 0.05) is 0 Å². The van der Waals surface area contributed by atoms with Crippen LogP contribution in [0.15, 0.2) is 57.7 Å². The third-order valence-electron chi connectivity index (χ3n) is 3.26. The maximum atomic E-state index is 12.7. The fourth-order valence-corrected chi connectivity index (χ4v) is 2.28. The second kappa shape index (κ2) is 4.85. The van der Waals surface area contributed by atoms with Crippen molar-refractivity contribution in [3.63, 3.8) is 0 Å². The Hall–Kier alpha value is -2.55. The number of hydrogen-bond acceptors (Lipinski definition) is 3. The highest BCUT2D eigenvalue weighted by molar-refractivity contribution is 5.84. The minimum Gasteiger partial charge on any atom is -0.468 e. The average molecular weight is 266 g/mol. The van der Waals surface area contributed by atoms with E-state index in [-0.39, 0.29) is 11.4 Å². The predicted molar refractivity (Wildman–Crippen MR) is 79.2 cm³/mol. The highest BCUT2D eigenvalue weighted by Crippen LogP contribution is 2.30. The molecule has 0 radical (unpaired) electrons. The van der Waals surface area contributed by atoms with Gasteiger partial charge in [-0.1, -0.05) is 36.4 Å². The van der Waals surface area contributed by atoms with E-state index >= 15 is 0 Å². The fourth-order valence-electron chi connectivity index (χ4n) is 2.28. The molecule has 2 aromatic carbocycles. The lowest BCUT2D eigenvalue weighted by molar-refractivity contribution is 0.312. The molecule has 0 saturated carbocycles. The van der Waals surface area contributed by atoms with Crippen LogP contribution in [-0.2, 0) is 0 Å². The Labute approximate surface area is 116 Å². The van der Waals surface area contributed by atoms with Crippen molar-refractivity contribution in [2.45, 2.75) is 6.92 Å². The zero-order valence-electron chi connectivity index (χ0n) is 11.3. The van der Waals surface area contributed by atoms with Crippen molar-refractivity contribution in [1.82, 2.24) is 0 Å². The van der Waals surface area contributed by atoms with E-state index < -0.39 is 0 Å². The molecule has 0 N–H and O–H groups in total. The third-order valence-corrected chi connectivity index (χ3v) is 3.26. The minimum absolute atomic E-state index is 0.0747. The van der Waals surface area contributed by atoms with Gasteiger partial charge in [-0.25, -0.2) is 0 Å². The lowest BCUT2D eigenvalue weighted by Gasteiger charge is -2.08. The van der Waals surface area contributed by atoms with Gasteiger partial charge in [0.05, 0.1) is 12.5 Å². The molecule has 20 heavy (non-hydrogen) atoms. The average Bonchev–Trinajstić information content (AvgIpc) is 2.47. The topological polar surface area (TPSA) is 39.4 Å². The monoisotopic (exact) mass is 266 g/mol. The van der Waals surface area contributed by atoms with Crippen molar-refractivity contribution in [3.8, 4) is 17.1 Å². The maximum Gasteiger partial charge on any atom is 0.296 e. The molecule has 0 aliphatic heterocycles. The summed E-state index contributed by atoms with van der Waals surface area (Å²) in [6.07, 6.45) is 0. The molecule has 0 fully saturated rings. The summed E-state index contributed by atoms with van der Waals surface area (Å²) in [5.41, 5.74) is 2.76. The first-order chi connectivity index (χ1) is 9.70. The fraction of sp³-hybridized carbons (Fsp3) is 0.118. The van der Waals surface area contributed by atoms with Crippen LogP contribution in [0.3, 0.4) is 0 Å². The Morgan fingerprint density at radius 1 is 1.05 bits per heavy atom. The SMILES string of the molecule is COc1oc2cc(C)ccc2c(=O)c1-c1ccccc1. The number of methoxy groups -OCH3 is 1. The van der Waals surface area contributed by atoms with Crippen LogP contribution in [0.4, 0.5) is 0 Å². The van der Waals surface area contributed by atoms with E-state index in [4.69, 9.17) is 9.15 Å². The Morgan fingerprint density at radius 2 is 1.80 bits per heavy atom. The molecule has 1 heterocycles. The van der Waals surface area contributed by atoms with E-state index in [0.717, 1.165) is 11.1 Å². The molecule has 0 unspecified atom stereocenters. The summed E-state index contributed by atoms with van der Waals surface area (Å²) in [7, 11) is 1.51. The van der Waals surface area contributed by atoms with E-state index in [1.54, 1.807) is 6.07 Å². The Balaban J connectivity index is 2.40. The van der Waals surface area contributed by atoms with Gasteiger partial charge in [0.15, 0.2) is 0 Å². The van der Waals surface area contributed by atoms with Crippen molar-refractivity contribution in [1.29, 1.82) is 0 Å². The quantitative estimate of drug-likeness (QED) is 0.708. The molecule has 3 aromatic rings. The van der Waals surface area contributed by atoms with Crippen LogP contribution in [0.25, 0.3) is 22.1 Å². The molecule has 1 aromatic heterocycles. The standard InChI is InChI=1S/C17H14O3/c1-11-8-9-13-14(10-11)20-17(19-2)15(16(13)18)12-6-4-3-5-7-12/h3-10H,1-2H3. The Morgan fingerprint density at radius 3 is 2.50 bits per heavy atom. The van der Waals surface area contributed by atoms with Gasteiger partial charge < -0.3 is 9.15 Å². The first-order valence-electron chi connectivity index (χ1n) is 6.37. The van der Waals surface area contributed by atoms with Gasteiger partial charge in [-0.15, -0.1) is 0 Å². The van der Waals surface area contributed by atoms with Gasteiger partial charge in [0.2, 0.25) is 5.43 Å². The van der Waals surface area contributed by atoms with Gasteiger partial charge in [-0.05, 0) is 30.2 Å². The molecule has 0 bridgehead atoms.